The number of esters is 1. The van der Waals surface area contributed by atoms with E-state index < -0.39 is 22.1 Å². The first-order chi connectivity index (χ1) is 11.8. The fourth-order valence-electron chi connectivity index (χ4n) is 2.09. The second-order valence-electron chi connectivity index (χ2n) is 5.20. The molecule has 0 bridgehead atoms. The average molecular weight is 384 g/mol. The lowest BCUT2D eigenvalue weighted by molar-refractivity contribution is -0.0258. The molecule has 25 heavy (non-hydrogen) atoms. The van der Waals surface area contributed by atoms with Gasteiger partial charge in [-0.15, -0.1) is 0 Å². The van der Waals surface area contributed by atoms with Gasteiger partial charge in [0, 0.05) is 7.05 Å². The van der Waals surface area contributed by atoms with Crippen LogP contribution in [-0.2, 0) is 19.6 Å². The van der Waals surface area contributed by atoms with Gasteiger partial charge in [0.2, 0.25) is 0 Å². The number of hydroxylamine groups is 1. The first-order valence-corrected chi connectivity index (χ1v) is 9.17. The van der Waals surface area contributed by atoms with Crippen LogP contribution < -0.4 is 0 Å². The molecule has 0 aliphatic rings. The van der Waals surface area contributed by atoms with Gasteiger partial charge in [-0.3, -0.25) is 4.84 Å². The van der Waals surface area contributed by atoms with Crippen molar-refractivity contribution in [3.63, 3.8) is 0 Å². The van der Waals surface area contributed by atoms with Crippen LogP contribution in [0.4, 0.5) is 0 Å². The van der Waals surface area contributed by atoms with E-state index >= 15 is 0 Å². The van der Waals surface area contributed by atoms with Crippen molar-refractivity contribution in [2.75, 3.05) is 14.2 Å². The van der Waals surface area contributed by atoms with E-state index in [-0.39, 0.29) is 15.5 Å². The molecule has 0 aromatic heterocycles. The summed E-state index contributed by atoms with van der Waals surface area (Å²) in [6, 6.07) is 13.1. The topological polar surface area (TPSA) is 72.9 Å². The Hall–Kier alpha value is -1.93. The van der Waals surface area contributed by atoms with Gasteiger partial charge in [-0.2, -0.15) is 0 Å². The summed E-state index contributed by atoms with van der Waals surface area (Å²) in [4.78, 5) is 16.8. The van der Waals surface area contributed by atoms with Gasteiger partial charge < -0.3 is 4.74 Å². The fraction of sp³-hybridized carbons (Fsp3) is 0.235. The number of carbonyl (C=O) groups is 1. The van der Waals surface area contributed by atoms with E-state index in [2.05, 4.69) is 0 Å². The minimum Gasteiger partial charge on any atom is -0.454 e. The summed E-state index contributed by atoms with van der Waals surface area (Å²) in [7, 11) is -1.54. The zero-order valence-corrected chi connectivity index (χ0v) is 15.5. The molecular formula is C17H18ClNO5S. The molecule has 2 aromatic rings. The Kier molecular flexibility index (Phi) is 6.18. The molecule has 2 aromatic carbocycles. The number of hydrogen-bond acceptors (Lipinski definition) is 5. The van der Waals surface area contributed by atoms with E-state index in [0.29, 0.717) is 4.47 Å². The monoisotopic (exact) mass is 383 g/mol. The molecule has 2 rings (SSSR count). The Balaban J connectivity index is 2.29. The Morgan fingerprint density at radius 3 is 2.40 bits per heavy atom. The highest BCUT2D eigenvalue weighted by Gasteiger charge is 2.26. The van der Waals surface area contributed by atoms with Crippen molar-refractivity contribution in [3.05, 3.63) is 64.7 Å². The van der Waals surface area contributed by atoms with Crippen LogP contribution in [0.5, 0.6) is 0 Å². The van der Waals surface area contributed by atoms with Crippen molar-refractivity contribution in [1.82, 2.24) is 4.47 Å². The van der Waals surface area contributed by atoms with Crippen LogP contribution in [0.2, 0.25) is 5.02 Å². The molecule has 0 N–H and O–H groups in total. The highest BCUT2D eigenvalue weighted by molar-refractivity contribution is 7.89. The molecule has 0 aliphatic heterocycles. The molecule has 0 heterocycles. The predicted molar refractivity (Wildman–Crippen MR) is 93.7 cm³/mol. The maximum atomic E-state index is 12.4. The lowest BCUT2D eigenvalue weighted by atomic mass is 10.1. The third-order valence-corrected chi connectivity index (χ3v) is 5.75. The first kappa shape index (κ1) is 19.4. The third kappa shape index (κ3) is 4.38. The summed E-state index contributed by atoms with van der Waals surface area (Å²) in [5.41, 5.74) is 0.909. The molecule has 134 valence electrons. The SMILES string of the molecule is CON(C)S(=O)(=O)c1cc(C(=O)O[C@@H](C)c2ccccc2)ccc1Cl. The number of carbonyl (C=O) groups excluding carboxylic acids is 1. The Morgan fingerprint density at radius 2 is 1.80 bits per heavy atom. The van der Waals surface area contributed by atoms with Gasteiger partial charge in [-0.1, -0.05) is 46.4 Å². The Labute approximate surface area is 151 Å². The largest absolute Gasteiger partial charge is 0.454 e. The molecule has 0 unspecified atom stereocenters. The first-order valence-electron chi connectivity index (χ1n) is 7.36. The standard InChI is InChI=1S/C17H18ClNO5S/c1-12(13-7-5-4-6-8-13)24-17(20)14-9-10-15(18)16(11-14)25(21,22)19(2)23-3/h4-12H,1-3H3/t12-/m0/s1. The normalized spacial score (nSPS) is 12.8. The molecule has 6 nitrogen and oxygen atoms in total. The van der Waals surface area contributed by atoms with Crippen molar-refractivity contribution in [2.24, 2.45) is 0 Å². The summed E-state index contributed by atoms with van der Waals surface area (Å²) < 4.78 is 30.8. The second-order valence-corrected chi connectivity index (χ2v) is 7.51. The quantitative estimate of drug-likeness (QED) is 0.564. The van der Waals surface area contributed by atoms with Crippen molar-refractivity contribution >= 4 is 27.6 Å². The van der Waals surface area contributed by atoms with E-state index in [4.69, 9.17) is 21.2 Å². The smallest absolute Gasteiger partial charge is 0.338 e. The van der Waals surface area contributed by atoms with Crippen molar-refractivity contribution < 1.29 is 22.8 Å². The van der Waals surface area contributed by atoms with E-state index in [1.54, 1.807) is 6.92 Å². The third-order valence-electron chi connectivity index (χ3n) is 3.59. The molecule has 0 aliphatic carbocycles. The molecule has 1 atom stereocenters. The summed E-state index contributed by atoms with van der Waals surface area (Å²) in [6.45, 7) is 1.74. The molecule has 0 saturated heterocycles. The van der Waals surface area contributed by atoms with E-state index in [9.17, 15) is 13.2 Å². The second kappa shape index (κ2) is 7.97. The molecule has 0 saturated carbocycles. The van der Waals surface area contributed by atoms with E-state index in [0.717, 1.165) is 5.56 Å². The van der Waals surface area contributed by atoms with Gasteiger partial charge in [0.15, 0.2) is 0 Å². The highest BCUT2D eigenvalue weighted by atomic mass is 35.5. The number of ether oxygens (including phenoxy) is 1. The van der Waals surface area contributed by atoms with E-state index in [1.807, 2.05) is 30.3 Å². The van der Waals surface area contributed by atoms with Gasteiger partial charge in [0.25, 0.3) is 10.0 Å². The number of halogens is 1. The highest BCUT2D eigenvalue weighted by Crippen LogP contribution is 2.26. The van der Waals surface area contributed by atoms with Crippen LogP contribution in [0.3, 0.4) is 0 Å². The number of nitrogens with zero attached hydrogens (tertiary/aromatic N) is 1. The molecular weight excluding hydrogens is 366 g/mol. The number of rotatable bonds is 6. The van der Waals surface area contributed by atoms with Crippen molar-refractivity contribution in [3.8, 4) is 0 Å². The maximum Gasteiger partial charge on any atom is 0.338 e. The minimum absolute atomic E-state index is 0.0171. The molecule has 0 amide bonds. The van der Waals surface area contributed by atoms with E-state index in [1.165, 1.54) is 32.4 Å². The summed E-state index contributed by atoms with van der Waals surface area (Å²) in [6.07, 6.45) is -0.480. The Bertz CT molecular complexity index is 855. The summed E-state index contributed by atoms with van der Waals surface area (Å²) in [5, 5.41) is -0.0171. The van der Waals surface area contributed by atoms with Gasteiger partial charge in [-0.05, 0) is 30.7 Å². The van der Waals surface area contributed by atoms with Crippen molar-refractivity contribution in [1.29, 1.82) is 0 Å². The molecule has 8 heteroatoms. The fourth-order valence-corrected chi connectivity index (χ4v) is 3.56. The Morgan fingerprint density at radius 1 is 1.16 bits per heavy atom. The van der Waals surface area contributed by atoms with Crippen LogP contribution in [0.15, 0.2) is 53.4 Å². The van der Waals surface area contributed by atoms with Gasteiger partial charge in [0.05, 0.1) is 17.7 Å². The number of benzene rings is 2. The van der Waals surface area contributed by atoms with Crippen LogP contribution in [0, 0.1) is 0 Å². The zero-order chi connectivity index (χ0) is 18.6. The summed E-state index contributed by atoms with van der Waals surface area (Å²) in [5.74, 6) is -0.649. The summed E-state index contributed by atoms with van der Waals surface area (Å²) >= 11 is 5.97. The lowest BCUT2D eigenvalue weighted by Gasteiger charge is -2.17. The number of hydrogen-bond donors (Lipinski definition) is 0. The number of sulfonamides is 1. The average Bonchev–Trinajstić information content (AvgIpc) is 2.61. The zero-order valence-electron chi connectivity index (χ0n) is 14.0. The van der Waals surface area contributed by atoms with Gasteiger partial charge in [0.1, 0.15) is 11.0 Å². The van der Waals surface area contributed by atoms with Gasteiger partial charge in [-0.25, -0.2) is 13.2 Å². The predicted octanol–water partition coefficient (Wildman–Crippen LogP) is 3.44. The molecule has 0 spiro atoms. The minimum atomic E-state index is -3.98. The maximum absolute atomic E-state index is 12.4. The van der Waals surface area contributed by atoms with Crippen LogP contribution in [0.25, 0.3) is 0 Å². The van der Waals surface area contributed by atoms with Crippen LogP contribution in [-0.4, -0.2) is 33.0 Å². The lowest BCUT2D eigenvalue weighted by Crippen LogP contribution is -2.26. The van der Waals surface area contributed by atoms with Crippen LogP contribution >= 0.6 is 11.6 Å². The molecule has 0 radical (unpaired) electrons. The van der Waals surface area contributed by atoms with Crippen molar-refractivity contribution in [2.45, 2.75) is 17.9 Å². The van der Waals surface area contributed by atoms with Gasteiger partial charge >= 0.3 is 5.97 Å². The molecule has 0 fully saturated rings. The van der Waals surface area contributed by atoms with Crippen LogP contribution in [0.1, 0.15) is 28.9 Å².